The van der Waals surface area contributed by atoms with Crippen LogP contribution in [-0.2, 0) is 6.54 Å². The molecule has 132 valence electrons. The fourth-order valence-corrected chi connectivity index (χ4v) is 3.20. The smallest absolute Gasteiger partial charge is 0.317 e. The van der Waals surface area contributed by atoms with Gasteiger partial charge in [-0.15, -0.1) is 0 Å². The summed E-state index contributed by atoms with van der Waals surface area (Å²) < 4.78 is 0. The molecule has 3 rings (SSSR count). The third-order valence-corrected chi connectivity index (χ3v) is 4.81. The van der Waals surface area contributed by atoms with Gasteiger partial charge in [0.1, 0.15) is 0 Å². The van der Waals surface area contributed by atoms with Crippen LogP contribution in [0.3, 0.4) is 0 Å². The SMILES string of the molecule is CN(C)C1CCCN(C(=O)NCc2ccc(-c3cccnc3)cc2)C1. The molecule has 2 aromatic rings. The third kappa shape index (κ3) is 4.57. The first-order valence-corrected chi connectivity index (χ1v) is 8.82. The van der Waals surface area contributed by atoms with Crippen LogP contribution < -0.4 is 5.32 Å². The lowest BCUT2D eigenvalue weighted by Crippen LogP contribution is -2.50. The number of likely N-dealkylation sites (N-methyl/N-ethyl adjacent to an activating group) is 1. The topological polar surface area (TPSA) is 48.5 Å². The Hall–Kier alpha value is -2.40. The standard InChI is InChI=1S/C20H26N4O/c1-23(2)19-6-4-12-24(15-19)20(25)22-13-16-7-9-17(10-8-16)18-5-3-11-21-14-18/h3,5,7-11,14,19H,4,6,12-13,15H2,1-2H3,(H,22,25). The van der Waals surface area contributed by atoms with Gasteiger partial charge in [-0.1, -0.05) is 30.3 Å². The van der Waals surface area contributed by atoms with Crippen molar-refractivity contribution < 1.29 is 4.79 Å². The fourth-order valence-electron chi connectivity index (χ4n) is 3.20. The van der Waals surface area contributed by atoms with Gasteiger partial charge in [-0.25, -0.2) is 4.79 Å². The second-order valence-corrected chi connectivity index (χ2v) is 6.80. The lowest BCUT2D eigenvalue weighted by molar-refractivity contribution is 0.140. The number of piperidine rings is 1. The number of carbonyl (C=O) groups excluding carboxylic acids is 1. The molecule has 5 heteroatoms. The van der Waals surface area contributed by atoms with E-state index in [9.17, 15) is 4.79 Å². The van der Waals surface area contributed by atoms with Gasteiger partial charge in [-0.05, 0) is 49.7 Å². The zero-order valence-electron chi connectivity index (χ0n) is 15.0. The Labute approximate surface area is 149 Å². The molecule has 1 aromatic heterocycles. The van der Waals surface area contributed by atoms with Gasteiger partial charge in [0, 0.05) is 38.1 Å². The molecule has 0 saturated carbocycles. The van der Waals surface area contributed by atoms with Crippen LogP contribution in [0.25, 0.3) is 11.1 Å². The lowest BCUT2D eigenvalue weighted by atomic mass is 10.1. The first-order valence-electron chi connectivity index (χ1n) is 8.82. The van der Waals surface area contributed by atoms with Crippen molar-refractivity contribution in [3.05, 3.63) is 54.4 Å². The predicted molar refractivity (Wildman–Crippen MR) is 100 cm³/mol. The second kappa shape index (κ2) is 8.12. The highest BCUT2D eigenvalue weighted by Crippen LogP contribution is 2.18. The van der Waals surface area contributed by atoms with Crippen LogP contribution in [0.1, 0.15) is 18.4 Å². The molecule has 1 aliphatic heterocycles. The molecule has 25 heavy (non-hydrogen) atoms. The predicted octanol–water partition coefficient (Wildman–Crippen LogP) is 2.98. The fraction of sp³-hybridized carbons (Fsp3) is 0.400. The molecule has 5 nitrogen and oxygen atoms in total. The number of aromatic nitrogens is 1. The first-order chi connectivity index (χ1) is 12.1. The van der Waals surface area contributed by atoms with Crippen LogP contribution in [0.15, 0.2) is 48.8 Å². The van der Waals surface area contributed by atoms with Crippen LogP contribution in [-0.4, -0.2) is 54.0 Å². The Morgan fingerprint density at radius 2 is 2.04 bits per heavy atom. The summed E-state index contributed by atoms with van der Waals surface area (Å²) in [5.74, 6) is 0. The van der Waals surface area contributed by atoms with E-state index < -0.39 is 0 Å². The number of amides is 2. The minimum Gasteiger partial charge on any atom is -0.334 e. The van der Waals surface area contributed by atoms with Crippen molar-refractivity contribution in [3.63, 3.8) is 0 Å². The number of urea groups is 1. The Kier molecular flexibility index (Phi) is 5.66. The highest BCUT2D eigenvalue weighted by molar-refractivity contribution is 5.74. The molecule has 1 atom stereocenters. The highest BCUT2D eigenvalue weighted by atomic mass is 16.2. The average molecular weight is 338 g/mol. The normalized spacial score (nSPS) is 17.6. The van der Waals surface area contributed by atoms with E-state index in [1.165, 1.54) is 0 Å². The lowest BCUT2D eigenvalue weighted by Gasteiger charge is -2.36. The van der Waals surface area contributed by atoms with E-state index in [2.05, 4.69) is 53.6 Å². The van der Waals surface area contributed by atoms with Crippen molar-refractivity contribution in [2.24, 2.45) is 0 Å². The van der Waals surface area contributed by atoms with Gasteiger partial charge in [0.2, 0.25) is 0 Å². The van der Waals surface area contributed by atoms with Crippen molar-refractivity contribution in [3.8, 4) is 11.1 Å². The maximum atomic E-state index is 12.4. The minimum atomic E-state index is 0.0304. The average Bonchev–Trinajstić information content (AvgIpc) is 2.67. The molecule has 2 amide bonds. The second-order valence-electron chi connectivity index (χ2n) is 6.80. The van der Waals surface area contributed by atoms with E-state index >= 15 is 0 Å². The van der Waals surface area contributed by atoms with Gasteiger partial charge in [0.05, 0.1) is 0 Å². The van der Waals surface area contributed by atoms with Crippen molar-refractivity contribution in [2.45, 2.75) is 25.4 Å². The number of hydrogen-bond donors (Lipinski definition) is 1. The maximum absolute atomic E-state index is 12.4. The number of carbonyl (C=O) groups is 1. The monoisotopic (exact) mass is 338 g/mol. The van der Waals surface area contributed by atoms with Crippen molar-refractivity contribution in [1.29, 1.82) is 0 Å². The Balaban J connectivity index is 1.54. The highest BCUT2D eigenvalue weighted by Gasteiger charge is 2.24. The third-order valence-electron chi connectivity index (χ3n) is 4.81. The number of rotatable bonds is 4. The summed E-state index contributed by atoms with van der Waals surface area (Å²) in [6.45, 7) is 2.20. The largest absolute Gasteiger partial charge is 0.334 e. The quantitative estimate of drug-likeness (QED) is 0.932. The molecular formula is C20H26N4O. The molecule has 1 aliphatic rings. The van der Waals surface area contributed by atoms with Crippen LogP contribution in [0.5, 0.6) is 0 Å². The number of likely N-dealkylation sites (tertiary alicyclic amines) is 1. The summed E-state index contributed by atoms with van der Waals surface area (Å²) in [5, 5.41) is 3.04. The summed E-state index contributed by atoms with van der Waals surface area (Å²) in [5.41, 5.74) is 3.33. The molecule has 1 saturated heterocycles. The molecule has 1 unspecified atom stereocenters. The van der Waals surface area contributed by atoms with Crippen LogP contribution in [0.4, 0.5) is 4.79 Å². The van der Waals surface area contributed by atoms with E-state index in [-0.39, 0.29) is 6.03 Å². The first kappa shape index (κ1) is 17.4. The molecule has 0 spiro atoms. The van der Waals surface area contributed by atoms with Gasteiger partial charge >= 0.3 is 6.03 Å². The summed E-state index contributed by atoms with van der Waals surface area (Å²) in [7, 11) is 4.16. The minimum absolute atomic E-state index is 0.0304. The molecule has 1 fully saturated rings. The summed E-state index contributed by atoms with van der Waals surface area (Å²) in [6.07, 6.45) is 5.85. The van der Waals surface area contributed by atoms with E-state index in [0.29, 0.717) is 12.6 Å². The summed E-state index contributed by atoms with van der Waals surface area (Å²) in [6, 6.07) is 12.7. The van der Waals surface area contributed by atoms with Crippen LogP contribution in [0, 0.1) is 0 Å². The van der Waals surface area contributed by atoms with Gasteiger partial charge in [-0.3, -0.25) is 4.98 Å². The number of nitrogens with zero attached hydrogens (tertiary/aromatic N) is 3. The number of pyridine rings is 1. The molecule has 2 heterocycles. The zero-order chi connectivity index (χ0) is 17.6. The van der Waals surface area contributed by atoms with Gasteiger partial charge in [0.15, 0.2) is 0 Å². The molecular weight excluding hydrogens is 312 g/mol. The Bertz CT molecular complexity index is 685. The zero-order valence-corrected chi connectivity index (χ0v) is 15.0. The van der Waals surface area contributed by atoms with E-state index in [1.54, 1.807) is 6.20 Å². The van der Waals surface area contributed by atoms with Gasteiger partial charge < -0.3 is 15.1 Å². The van der Waals surface area contributed by atoms with Gasteiger partial charge in [-0.2, -0.15) is 0 Å². The molecule has 1 N–H and O–H groups in total. The van der Waals surface area contributed by atoms with Crippen LogP contribution in [0.2, 0.25) is 0 Å². The van der Waals surface area contributed by atoms with Crippen LogP contribution >= 0.6 is 0 Å². The molecule has 0 bridgehead atoms. The molecule has 1 aromatic carbocycles. The Morgan fingerprint density at radius 1 is 1.24 bits per heavy atom. The number of hydrogen-bond acceptors (Lipinski definition) is 3. The summed E-state index contributed by atoms with van der Waals surface area (Å²) >= 11 is 0. The number of nitrogens with one attached hydrogen (secondary N) is 1. The van der Waals surface area contributed by atoms with Gasteiger partial charge in [0.25, 0.3) is 0 Å². The van der Waals surface area contributed by atoms with E-state index in [4.69, 9.17) is 0 Å². The number of benzene rings is 1. The Morgan fingerprint density at radius 3 is 2.72 bits per heavy atom. The van der Waals surface area contributed by atoms with Crippen molar-refractivity contribution in [1.82, 2.24) is 20.1 Å². The summed E-state index contributed by atoms with van der Waals surface area (Å²) in [4.78, 5) is 20.7. The van der Waals surface area contributed by atoms with E-state index in [0.717, 1.165) is 42.6 Å². The molecule has 0 aliphatic carbocycles. The molecule has 0 radical (unpaired) electrons. The van der Waals surface area contributed by atoms with E-state index in [1.807, 2.05) is 23.2 Å². The maximum Gasteiger partial charge on any atom is 0.317 e. The van der Waals surface area contributed by atoms with Crippen molar-refractivity contribution >= 4 is 6.03 Å². The van der Waals surface area contributed by atoms with Crippen molar-refractivity contribution in [2.75, 3.05) is 27.2 Å².